The minimum Gasteiger partial charge on any atom is -0.493 e. The first-order valence-corrected chi connectivity index (χ1v) is 12.3. The number of amides is 1. The summed E-state index contributed by atoms with van der Waals surface area (Å²) in [6, 6.07) is 17.3. The van der Waals surface area contributed by atoms with E-state index in [2.05, 4.69) is 15.5 Å². The highest BCUT2D eigenvalue weighted by Crippen LogP contribution is 2.37. The predicted molar refractivity (Wildman–Crippen MR) is 145 cm³/mol. The largest absolute Gasteiger partial charge is 0.493 e. The number of hydrazone groups is 1. The van der Waals surface area contributed by atoms with Crippen LogP contribution >= 0.6 is 23.4 Å². The predicted octanol–water partition coefficient (Wildman–Crippen LogP) is 4.31. The highest BCUT2D eigenvalue weighted by atomic mass is 35.5. The van der Waals surface area contributed by atoms with Crippen LogP contribution < -0.4 is 25.2 Å². The molecule has 1 amide bonds. The monoisotopic (exact) mass is 538 g/mol. The zero-order valence-electron chi connectivity index (χ0n) is 20.2. The molecule has 0 saturated carbocycles. The molecule has 0 aliphatic rings. The Morgan fingerprint density at radius 3 is 2.38 bits per heavy atom. The van der Waals surface area contributed by atoms with E-state index in [9.17, 15) is 9.59 Å². The molecular formula is C26H23ClN4O5S. The lowest BCUT2D eigenvalue weighted by Crippen LogP contribution is -2.24. The summed E-state index contributed by atoms with van der Waals surface area (Å²) in [5.74, 6) is 0.988. The van der Waals surface area contributed by atoms with E-state index in [1.54, 1.807) is 60.7 Å². The highest BCUT2D eigenvalue weighted by Gasteiger charge is 2.15. The molecule has 1 aromatic heterocycles. The summed E-state index contributed by atoms with van der Waals surface area (Å²) in [5.41, 5.74) is 4.02. The van der Waals surface area contributed by atoms with Crippen molar-refractivity contribution in [2.45, 2.75) is 5.16 Å². The van der Waals surface area contributed by atoms with Crippen molar-refractivity contribution in [2.24, 2.45) is 5.10 Å². The van der Waals surface area contributed by atoms with Gasteiger partial charge >= 0.3 is 0 Å². The van der Waals surface area contributed by atoms with E-state index in [1.807, 2.05) is 0 Å². The van der Waals surface area contributed by atoms with Gasteiger partial charge in [-0.05, 0) is 48.5 Å². The van der Waals surface area contributed by atoms with E-state index in [4.69, 9.17) is 25.8 Å². The lowest BCUT2D eigenvalue weighted by atomic mass is 10.2. The Kier molecular flexibility index (Phi) is 8.32. The number of nitrogens with one attached hydrogen (secondary N) is 1. The maximum absolute atomic E-state index is 13.3. The Labute approximate surface area is 222 Å². The molecule has 0 saturated heterocycles. The Bertz CT molecular complexity index is 1500. The van der Waals surface area contributed by atoms with Crippen LogP contribution in [0.2, 0.25) is 5.02 Å². The number of hydrogen-bond acceptors (Lipinski definition) is 8. The number of thioether (sulfide) groups is 1. The van der Waals surface area contributed by atoms with Crippen molar-refractivity contribution < 1.29 is 19.0 Å². The van der Waals surface area contributed by atoms with Crippen LogP contribution in [0.3, 0.4) is 0 Å². The fraction of sp³-hybridized carbons (Fsp3) is 0.154. The standard InChI is InChI=1S/C26H23ClN4O5S/c1-34-21-12-16(13-22(35-2)24(21)36-3)14-28-30-23(32)15-37-26-29-20-7-5-4-6-19(20)25(33)31(26)18-10-8-17(27)9-11-18/h4-14H,15H2,1-3H3,(H,30,32). The average molecular weight is 539 g/mol. The molecule has 190 valence electrons. The van der Waals surface area contributed by atoms with Crippen molar-refractivity contribution in [2.75, 3.05) is 27.1 Å². The van der Waals surface area contributed by atoms with E-state index in [1.165, 1.54) is 32.1 Å². The van der Waals surface area contributed by atoms with Gasteiger partial charge in [0.1, 0.15) is 0 Å². The molecule has 0 bridgehead atoms. The molecule has 4 rings (SSSR count). The van der Waals surface area contributed by atoms with Crippen molar-refractivity contribution in [3.05, 3.63) is 81.6 Å². The molecule has 0 spiro atoms. The molecule has 1 heterocycles. The van der Waals surface area contributed by atoms with Gasteiger partial charge in [0.2, 0.25) is 5.75 Å². The number of fused-ring (bicyclic) bond motifs is 1. The van der Waals surface area contributed by atoms with Crippen LogP contribution in [0.1, 0.15) is 5.56 Å². The Hall–Kier alpha value is -4.02. The number of methoxy groups -OCH3 is 3. The molecule has 1 N–H and O–H groups in total. The number of halogens is 1. The van der Waals surface area contributed by atoms with Crippen LogP contribution in [0.4, 0.5) is 0 Å². The number of para-hydroxylation sites is 1. The average Bonchev–Trinajstić information content (AvgIpc) is 2.92. The summed E-state index contributed by atoms with van der Waals surface area (Å²) in [4.78, 5) is 30.5. The minimum atomic E-state index is -0.376. The molecule has 9 nitrogen and oxygen atoms in total. The first kappa shape index (κ1) is 26.1. The normalized spacial score (nSPS) is 11.0. The van der Waals surface area contributed by atoms with E-state index in [-0.39, 0.29) is 17.2 Å². The van der Waals surface area contributed by atoms with Gasteiger partial charge in [0.15, 0.2) is 16.7 Å². The fourth-order valence-electron chi connectivity index (χ4n) is 3.54. The Morgan fingerprint density at radius 1 is 1.05 bits per heavy atom. The van der Waals surface area contributed by atoms with Crippen LogP contribution in [0.5, 0.6) is 17.2 Å². The Balaban J connectivity index is 1.53. The molecule has 0 aliphatic carbocycles. The van der Waals surface area contributed by atoms with Gasteiger partial charge in [-0.25, -0.2) is 10.4 Å². The lowest BCUT2D eigenvalue weighted by Gasteiger charge is -2.13. The zero-order chi connectivity index (χ0) is 26.4. The molecule has 4 aromatic rings. The van der Waals surface area contributed by atoms with Gasteiger partial charge in [0, 0.05) is 10.6 Å². The smallest absolute Gasteiger partial charge is 0.266 e. The number of aromatic nitrogens is 2. The van der Waals surface area contributed by atoms with Crippen LogP contribution in [0, 0.1) is 0 Å². The third-order valence-electron chi connectivity index (χ3n) is 5.25. The van der Waals surface area contributed by atoms with Gasteiger partial charge in [0.05, 0.1) is 49.9 Å². The van der Waals surface area contributed by atoms with E-state index >= 15 is 0 Å². The molecule has 11 heteroatoms. The second-order valence-electron chi connectivity index (χ2n) is 7.57. The quantitative estimate of drug-likeness (QED) is 0.146. The van der Waals surface area contributed by atoms with Crippen molar-refractivity contribution in [3.8, 4) is 22.9 Å². The molecule has 37 heavy (non-hydrogen) atoms. The van der Waals surface area contributed by atoms with Gasteiger partial charge in [0.25, 0.3) is 11.5 Å². The molecular weight excluding hydrogens is 516 g/mol. The van der Waals surface area contributed by atoms with Gasteiger partial charge in [-0.2, -0.15) is 5.10 Å². The summed E-state index contributed by atoms with van der Waals surface area (Å²) >= 11 is 7.15. The number of carbonyl (C=O) groups excluding carboxylic acids is 1. The third kappa shape index (κ3) is 5.87. The lowest BCUT2D eigenvalue weighted by molar-refractivity contribution is -0.118. The van der Waals surface area contributed by atoms with Gasteiger partial charge in [-0.1, -0.05) is 35.5 Å². The second-order valence-corrected chi connectivity index (χ2v) is 8.95. The molecule has 3 aromatic carbocycles. The van der Waals surface area contributed by atoms with Crippen LogP contribution in [-0.4, -0.2) is 48.8 Å². The van der Waals surface area contributed by atoms with Crippen LogP contribution in [0.15, 0.2) is 75.7 Å². The van der Waals surface area contributed by atoms with Crippen LogP contribution in [-0.2, 0) is 4.79 Å². The number of nitrogens with zero attached hydrogens (tertiary/aromatic N) is 3. The zero-order valence-corrected chi connectivity index (χ0v) is 21.8. The maximum Gasteiger partial charge on any atom is 0.266 e. The van der Waals surface area contributed by atoms with Crippen molar-refractivity contribution in [1.29, 1.82) is 0 Å². The highest BCUT2D eigenvalue weighted by molar-refractivity contribution is 7.99. The number of ether oxygens (including phenoxy) is 3. The number of rotatable bonds is 9. The number of benzene rings is 3. The molecule has 0 fully saturated rings. The first-order chi connectivity index (χ1) is 17.9. The van der Waals surface area contributed by atoms with Crippen LogP contribution in [0.25, 0.3) is 16.6 Å². The van der Waals surface area contributed by atoms with E-state index < -0.39 is 0 Å². The topological polar surface area (TPSA) is 104 Å². The fourth-order valence-corrected chi connectivity index (χ4v) is 4.48. The number of hydrogen-bond donors (Lipinski definition) is 1. The van der Waals surface area contributed by atoms with Gasteiger partial charge < -0.3 is 14.2 Å². The van der Waals surface area contributed by atoms with Gasteiger partial charge in [-0.3, -0.25) is 14.2 Å². The molecule has 0 atom stereocenters. The Morgan fingerprint density at radius 2 is 1.73 bits per heavy atom. The van der Waals surface area contributed by atoms with Crippen molar-refractivity contribution in [3.63, 3.8) is 0 Å². The van der Waals surface area contributed by atoms with Gasteiger partial charge in [-0.15, -0.1) is 0 Å². The summed E-state index contributed by atoms with van der Waals surface area (Å²) in [6.45, 7) is 0. The third-order valence-corrected chi connectivity index (χ3v) is 6.44. The van der Waals surface area contributed by atoms with E-state index in [0.717, 1.165) is 11.8 Å². The van der Waals surface area contributed by atoms with Crippen molar-refractivity contribution >= 4 is 46.4 Å². The number of carbonyl (C=O) groups is 1. The summed E-state index contributed by atoms with van der Waals surface area (Å²) < 4.78 is 17.4. The summed E-state index contributed by atoms with van der Waals surface area (Å²) in [7, 11) is 4.55. The molecule has 0 unspecified atom stereocenters. The first-order valence-electron chi connectivity index (χ1n) is 11.0. The van der Waals surface area contributed by atoms with Crippen molar-refractivity contribution in [1.82, 2.24) is 15.0 Å². The molecule has 0 aliphatic heterocycles. The molecule has 0 radical (unpaired) electrons. The minimum absolute atomic E-state index is 0.0229. The summed E-state index contributed by atoms with van der Waals surface area (Å²) in [5, 5.41) is 5.41. The van der Waals surface area contributed by atoms with E-state index in [0.29, 0.717) is 49.6 Å². The maximum atomic E-state index is 13.3. The second kappa shape index (κ2) is 11.8. The SMILES string of the molecule is COc1cc(C=NNC(=O)CSc2nc3ccccc3c(=O)n2-c2ccc(Cl)cc2)cc(OC)c1OC. The summed E-state index contributed by atoms with van der Waals surface area (Å²) in [6.07, 6.45) is 1.46.